The molecule has 21 heavy (non-hydrogen) atoms. The van der Waals surface area contributed by atoms with Crippen LogP contribution in [0.1, 0.15) is 18.4 Å². The summed E-state index contributed by atoms with van der Waals surface area (Å²) in [4.78, 5) is 12.0. The highest BCUT2D eigenvalue weighted by atomic mass is 35.5. The molecule has 0 aromatic heterocycles. The van der Waals surface area contributed by atoms with Gasteiger partial charge in [-0.25, -0.2) is 0 Å². The van der Waals surface area contributed by atoms with Crippen molar-refractivity contribution in [2.75, 3.05) is 6.61 Å². The highest BCUT2D eigenvalue weighted by Gasteiger charge is 2.50. The molecule has 2 fully saturated rings. The van der Waals surface area contributed by atoms with Crippen molar-refractivity contribution in [3.05, 3.63) is 40.9 Å². The van der Waals surface area contributed by atoms with Crippen LogP contribution in [-0.2, 0) is 9.53 Å². The molecule has 1 aliphatic carbocycles. The van der Waals surface area contributed by atoms with Crippen molar-refractivity contribution in [3.8, 4) is 0 Å². The van der Waals surface area contributed by atoms with Crippen molar-refractivity contribution in [1.82, 2.24) is 5.32 Å². The molecule has 0 spiro atoms. The Labute approximate surface area is 129 Å². The molecule has 1 saturated heterocycles. The summed E-state index contributed by atoms with van der Waals surface area (Å²) in [5.41, 5.74) is 7.05. The van der Waals surface area contributed by atoms with Gasteiger partial charge in [0.2, 0.25) is 5.91 Å². The average molecular weight is 307 g/mol. The molecule has 4 nitrogen and oxygen atoms in total. The summed E-state index contributed by atoms with van der Waals surface area (Å²) in [7, 11) is 0. The van der Waals surface area contributed by atoms with E-state index in [4.69, 9.17) is 22.1 Å². The summed E-state index contributed by atoms with van der Waals surface area (Å²) in [5.74, 6) is 0.252. The van der Waals surface area contributed by atoms with E-state index in [0.29, 0.717) is 10.9 Å². The second-order valence-corrected chi connectivity index (χ2v) is 6.07. The van der Waals surface area contributed by atoms with Crippen LogP contribution in [0.3, 0.4) is 0 Å². The molecular formula is C16H19ClN2O2. The van der Waals surface area contributed by atoms with Gasteiger partial charge in [-0.3, -0.25) is 4.79 Å². The summed E-state index contributed by atoms with van der Waals surface area (Å²) in [6.07, 6.45) is 5.52. The van der Waals surface area contributed by atoms with Gasteiger partial charge in [-0.15, -0.1) is 0 Å². The van der Waals surface area contributed by atoms with Gasteiger partial charge >= 0.3 is 0 Å². The number of nitrogens with one attached hydrogen (secondary N) is 1. The lowest BCUT2D eigenvalue weighted by atomic mass is 9.68. The van der Waals surface area contributed by atoms with Crippen LogP contribution in [-0.4, -0.2) is 30.7 Å². The van der Waals surface area contributed by atoms with E-state index in [-0.39, 0.29) is 24.1 Å². The van der Waals surface area contributed by atoms with Crippen LogP contribution in [0.4, 0.5) is 0 Å². The van der Waals surface area contributed by atoms with Gasteiger partial charge in [0.1, 0.15) is 0 Å². The average Bonchev–Trinajstić information content (AvgIpc) is 2.51. The zero-order chi connectivity index (χ0) is 14.8. The molecule has 0 radical (unpaired) electrons. The fraction of sp³-hybridized carbons (Fsp3) is 0.438. The Morgan fingerprint density at radius 3 is 2.90 bits per heavy atom. The first kappa shape index (κ1) is 14.6. The number of hydrogen-bond donors (Lipinski definition) is 2. The van der Waals surface area contributed by atoms with Gasteiger partial charge in [0.05, 0.1) is 12.1 Å². The number of carbonyl (C=O) groups excluding carboxylic acids is 1. The zero-order valence-electron chi connectivity index (χ0n) is 11.7. The third-order valence-corrected chi connectivity index (χ3v) is 4.54. The third-order valence-electron chi connectivity index (χ3n) is 4.28. The molecule has 4 atom stereocenters. The van der Waals surface area contributed by atoms with E-state index >= 15 is 0 Å². The number of benzene rings is 1. The Morgan fingerprint density at radius 2 is 2.14 bits per heavy atom. The molecule has 3 rings (SSSR count). The van der Waals surface area contributed by atoms with E-state index in [9.17, 15) is 4.79 Å². The number of ether oxygens (including phenoxy) is 1. The van der Waals surface area contributed by atoms with Crippen LogP contribution >= 0.6 is 11.6 Å². The van der Waals surface area contributed by atoms with E-state index in [1.54, 1.807) is 18.2 Å². The number of fused-ring (bicyclic) bond motifs is 1. The maximum atomic E-state index is 12.0. The van der Waals surface area contributed by atoms with E-state index in [2.05, 4.69) is 5.32 Å². The number of halogens is 1. The van der Waals surface area contributed by atoms with Gasteiger partial charge in [0.15, 0.2) is 0 Å². The normalized spacial score (nSPS) is 31.5. The summed E-state index contributed by atoms with van der Waals surface area (Å²) in [6.45, 7) is 0.765. The summed E-state index contributed by atoms with van der Waals surface area (Å²) < 4.78 is 5.70. The Bertz CT molecular complexity index is 544. The van der Waals surface area contributed by atoms with Gasteiger partial charge < -0.3 is 15.8 Å². The first-order valence-corrected chi connectivity index (χ1v) is 7.64. The Hall–Kier alpha value is -1.36. The van der Waals surface area contributed by atoms with E-state index in [1.807, 2.05) is 12.1 Å². The SMILES string of the molecule is NC1C2CCCOC2C1NC(=O)C=Cc1ccc(Cl)cc1. The minimum absolute atomic E-state index is 0.00295. The van der Waals surface area contributed by atoms with Crippen molar-refractivity contribution in [3.63, 3.8) is 0 Å². The molecule has 1 aromatic carbocycles. The van der Waals surface area contributed by atoms with Crippen molar-refractivity contribution < 1.29 is 9.53 Å². The van der Waals surface area contributed by atoms with Crippen molar-refractivity contribution >= 4 is 23.6 Å². The summed E-state index contributed by atoms with van der Waals surface area (Å²) in [6, 6.07) is 7.24. The van der Waals surface area contributed by atoms with Crippen molar-refractivity contribution in [1.29, 1.82) is 0 Å². The predicted molar refractivity (Wildman–Crippen MR) is 82.9 cm³/mol. The first-order valence-electron chi connectivity index (χ1n) is 7.26. The first-order chi connectivity index (χ1) is 10.1. The number of amides is 1. The second-order valence-electron chi connectivity index (χ2n) is 5.64. The largest absolute Gasteiger partial charge is 0.376 e. The molecule has 2 aliphatic rings. The zero-order valence-corrected chi connectivity index (χ0v) is 12.4. The van der Waals surface area contributed by atoms with Crippen LogP contribution in [0.25, 0.3) is 6.08 Å². The monoisotopic (exact) mass is 306 g/mol. The molecule has 0 bridgehead atoms. The highest BCUT2D eigenvalue weighted by molar-refractivity contribution is 6.30. The molecule has 1 heterocycles. The van der Waals surface area contributed by atoms with Crippen LogP contribution in [0.15, 0.2) is 30.3 Å². The summed E-state index contributed by atoms with van der Waals surface area (Å²) in [5, 5.41) is 3.62. The lowest BCUT2D eigenvalue weighted by Crippen LogP contribution is -2.71. The van der Waals surface area contributed by atoms with Crippen molar-refractivity contribution in [2.24, 2.45) is 11.7 Å². The van der Waals surface area contributed by atoms with Gasteiger partial charge in [-0.1, -0.05) is 23.7 Å². The standard InChI is InChI=1S/C16H19ClN2O2/c17-11-6-3-10(4-7-11)5-8-13(20)19-15-14(18)12-2-1-9-21-16(12)15/h3-8,12,14-16H,1-2,9,18H2,(H,19,20). The molecule has 4 unspecified atom stereocenters. The van der Waals surface area contributed by atoms with Crippen molar-refractivity contribution in [2.45, 2.75) is 31.0 Å². The van der Waals surface area contributed by atoms with Crippen LogP contribution in [0, 0.1) is 5.92 Å². The fourth-order valence-corrected chi connectivity index (χ4v) is 3.21. The number of hydrogen-bond acceptors (Lipinski definition) is 3. The van der Waals surface area contributed by atoms with E-state index in [1.165, 1.54) is 6.08 Å². The number of nitrogens with two attached hydrogens (primary N) is 1. The third kappa shape index (κ3) is 3.12. The summed E-state index contributed by atoms with van der Waals surface area (Å²) >= 11 is 5.82. The van der Waals surface area contributed by atoms with E-state index < -0.39 is 0 Å². The predicted octanol–water partition coefficient (Wildman–Crippen LogP) is 1.97. The number of carbonyl (C=O) groups is 1. The Balaban J connectivity index is 1.55. The van der Waals surface area contributed by atoms with Gasteiger partial charge in [0.25, 0.3) is 0 Å². The van der Waals surface area contributed by atoms with Crippen LogP contribution < -0.4 is 11.1 Å². The highest BCUT2D eigenvalue weighted by Crippen LogP contribution is 2.36. The molecule has 112 valence electrons. The molecule has 1 aliphatic heterocycles. The second kappa shape index (κ2) is 6.18. The molecule has 3 N–H and O–H groups in total. The topological polar surface area (TPSA) is 64.3 Å². The smallest absolute Gasteiger partial charge is 0.244 e. The molecular weight excluding hydrogens is 288 g/mol. The minimum Gasteiger partial charge on any atom is -0.376 e. The van der Waals surface area contributed by atoms with Gasteiger partial charge in [0, 0.05) is 29.7 Å². The molecule has 1 amide bonds. The van der Waals surface area contributed by atoms with E-state index in [0.717, 1.165) is 25.0 Å². The van der Waals surface area contributed by atoms with Crippen LogP contribution in [0.5, 0.6) is 0 Å². The maximum absolute atomic E-state index is 12.0. The Kier molecular flexibility index (Phi) is 4.29. The lowest BCUT2D eigenvalue weighted by molar-refractivity contribution is -0.136. The van der Waals surface area contributed by atoms with Crippen LogP contribution in [0.2, 0.25) is 5.02 Å². The number of rotatable bonds is 3. The van der Waals surface area contributed by atoms with Gasteiger partial charge in [-0.2, -0.15) is 0 Å². The van der Waals surface area contributed by atoms with Gasteiger partial charge in [-0.05, 0) is 36.6 Å². The fourth-order valence-electron chi connectivity index (χ4n) is 3.08. The quantitative estimate of drug-likeness (QED) is 0.839. The maximum Gasteiger partial charge on any atom is 0.244 e. The molecule has 5 heteroatoms. The molecule has 1 saturated carbocycles. The molecule has 1 aromatic rings. The Morgan fingerprint density at radius 1 is 1.38 bits per heavy atom. The minimum atomic E-state index is -0.141. The lowest BCUT2D eigenvalue weighted by Gasteiger charge is -2.52.